The predicted molar refractivity (Wildman–Crippen MR) is 166 cm³/mol. The maximum Gasteiger partial charge on any atom is 0.337 e. The number of hydrogen-bond donors (Lipinski definition) is 0. The lowest BCUT2D eigenvalue weighted by Gasteiger charge is -2.35. The van der Waals surface area contributed by atoms with Gasteiger partial charge in [-0.05, 0) is 28.9 Å². The van der Waals surface area contributed by atoms with Gasteiger partial charge < -0.3 is 14.0 Å². The molecule has 0 bridgehead atoms. The van der Waals surface area contributed by atoms with Crippen molar-refractivity contribution in [2.45, 2.75) is 6.04 Å². The number of aldehydes is 1. The summed E-state index contributed by atoms with van der Waals surface area (Å²) in [5.74, 6) is -1.44. The summed E-state index contributed by atoms with van der Waals surface area (Å²) in [6.45, 7) is -3.16. The van der Waals surface area contributed by atoms with Crippen molar-refractivity contribution in [1.82, 2.24) is 4.57 Å². The van der Waals surface area contributed by atoms with Gasteiger partial charge in [-0.25, -0.2) is 9.59 Å². The molecular formula is C33H27ClNO5P. The lowest BCUT2D eigenvalue weighted by molar-refractivity contribution is -0.143. The summed E-state index contributed by atoms with van der Waals surface area (Å²) in [7, 11) is 2.54. The summed E-state index contributed by atoms with van der Waals surface area (Å²) in [4.78, 5) is 40.9. The molecule has 0 aliphatic rings. The third kappa shape index (κ3) is 4.69. The van der Waals surface area contributed by atoms with Crippen LogP contribution in [0.1, 0.15) is 16.5 Å². The number of methoxy groups -OCH3 is 2. The highest BCUT2D eigenvalue weighted by atomic mass is 35.5. The van der Waals surface area contributed by atoms with Crippen LogP contribution >= 0.6 is 18.5 Å². The maximum absolute atomic E-state index is 14.3. The van der Waals surface area contributed by atoms with Crippen molar-refractivity contribution >= 4 is 68.8 Å². The number of hydrogen-bond acceptors (Lipinski definition) is 5. The van der Waals surface area contributed by atoms with Gasteiger partial charge in [0.25, 0.3) is 0 Å². The summed E-state index contributed by atoms with van der Waals surface area (Å²) in [6, 6.07) is 34.5. The number of ether oxygens (including phenoxy) is 2. The van der Waals surface area contributed by atoms with Gasteiger partial charge in [-0.2, -0.15) is 0 Å². The quantitative estimate of drug-likeness (QED) is 0.143. The molecule has 0 fully saturated rings. The highest BCUT2D eigenvalue weighted by Crippen LogP contribution is 2.49. The van der Waals surface area contributed by atoms with Crippen LogP contribution in [-0.2, 0) is 19.1 Å². The molecule has 1 unspecified atom stereocenters. The molecule has 206 valence electrons. The number of esters is 2. The van der Waals surface area contributed by atoms with E-state index in [1.54, 1.807) is 24.3 Å². The topological polar surface area (TPSA) is 74.6 Å². The molecule has 0 radical (unpaired) electrons. The third-order valence-electron chi connectivity index (χ3n) is 7.12. The molecule has 1 atom stereocenters. The summed E-state index contributed by atoms with van der Waals surface area (Å²) >= 11 is 6.72. The van der Waals surface area contributed by atoms with Crippen LogP contribution in [0, 0.1) is 0 Å². The zero-order chi connectivity index (χ0) is 29.0. The van der Waals surface area contributed by atoms with Gasteiger partial charge in [-0.1, -0.05) is 121 Å². The Morgan fingerprint density at radius 3 is 1.63 bits per heavy atom. The van der Waals surface area contributed by atoms with Crippen LogP contribution < -0.4 is 15.9 Å². The molecule has 1 aromatic heterocycles. The molecule has 1 heterocycles. The number of halogens is 1. The average Bonchev–Trinajstić information content (AvgIpc) is 3.32. The Balaban J connectivity index is 2.13. The van der Waals surface area contributed by atoms with Crippen molar-refractivity contribution in [3.63, 3.8) is 0 Å². The van der Waals surface area contributed by atoms with Gasteiger partial charge in [0.15, 0.2) is 12.3 Å². The number of fused-ring (bicyclic) bond motifs is 1. The molecule has 6 nitrogen and oxygen atoms in total. The Labute approximate surface area is 243 Å². The van der Waals surface area contributed by atoms with E-state index in [4.69, 9.17) is 21.1 Å². The molecule has 5 rings (SSSR count). The Morgan fingerprint density at radius 2 is 1.20 bits per heavy atom. The van der Waals surface area contributed by atoms with E-state index in [1.807, 2.05) is 91.0 Å². The van der Waals surface area contributed by atoms with Gasteiger partial charge in [0, 0.05) is 5.39 Å². The molecule has 0 N–H and O–H groups in total. The highest BCUT2D eigenvalue weighted by Gasteiger charge is 2.43. The molecule has 0 saturated carbocycles. The molecule has 0 spiro atoms. The summed E-state index contributed by atoms with van der Waals surface area (Å²) in [5, 5.41) is 3.36. The van der Waals surface area contributed by atoms with Crippen molar-refractivity contribution in [2.75, 3.05) is 14.2 Å². The largest absolute Gasteiger partial charge is 0.467 e. The first kappa shape index (κ1) is 28.2. The van der Waals surface area contributed by atoms with Crippen LogP contribution in [0.25, 0.3) is 10.9 Å². The van der Waals surface area contributed by atoms with Gasteiger partial charge in [0.1, 0.15) is 5.69 Å². The fourth-order valence-corrected chi connectivity index (χ4v) is 10.3. The lowest BCUT2D eigenvalue weighted by atomic mass is 10.2. The highest BCUT2D eigenvalue weighted by molar-refractivity contribution is 7.96. The van der Waals surface area contributed by atoms with Crippen LogP contribution in [0.15, 0.2) is 115 Å². The Morgan fingerprint density at radius 1 is 0.732 bits per heavy atom. The first-order valence-electron chi connectivity index (χ1n) is 12.8. The molecule has 0 saturated heterocycles. The molecule has 4 aromatic carbocycles. The van der Waals surface area contributed by atoms with Crippen molar-refractivity contribution in [3.05, 3.63) is 126 Å². The minimum atomic E-state index is -3.16. The normalized spacial score (nSPS) is 12.0. The van der Waals surface area contributed by atoms with E-state index in [0.717, 1.165) is 15.9 Å². The molecular weight excluding hydrogens is 557 g/mol. The zero-order valence-corrected chi connectivity index (χ0v) is 24.1. The first-order valence-corrected chi connectivity index (χ1v) is 15.0. The molecule has 0 aliphatic heterocycles. The van der Waals surface area contributed by atoms with Crippen LogP contribution in [0.2, 0.25) is 5.02 Å². The molecule has 8 heteroatoms. The smallest absolute Gasteiger partial charge is 0.337 e. The number of aromatic nitrogens is 1. The second kappa shape index (κ2) is 12.0. The SMILES string of the molecule is COC(=O)C(C(C(=O)OC)n1c(C=O)c(Cl)c2ccccc21)=P(c1ccccc1)(c1ccccc1)c1ccccc1. The van der Waals surface area contributed by atoms with Gasteiger partial charge in [0.05, 0.1) is 30.1 Å². The van der Waals surface area contributed by atoms with Crippen molar-refractivity contribution in [3.8, 4) is 0 Å². The molecule has 0 aliphatic carbocycles. The lowest BCUT2D eigenvalue weighted by Crippen LogP contribution is -2.42. The van der Waals surface area contributed by atoms with E-state index in [1.165, 1.54) is 18.8 Å². The Hall–Kier alpha value is -4.38. The van der Waals surface area contributed by atoms with E-state index in [9.17, 15) is 14.4 Å². The van der Waals surface area contributed by atoms with Crippen LogP contribution in [0.4, 0.5) is 0 Å². The van der Waals surface area contributed by atoms with Crippen LogP contribution in [0.5, 0.6) is 0 Å². The van der Waals surface area contributed by atoms with E-state index in [-0.39, 0.29) is 16.0 Å². The summed E-state index contributed by atoms with van der Waals surface area (Å²) in [6.07, 6.45) is 0.598. The number of rotatable bonds is 8. The monoisotopic (exact) mass is 583 g/mol. The van der Waals surface area contributed by atoms with E-state index in [0.29, 0.717) is 17.2 Å². The first-order chi connectivity index (χ1) is 20.0. The fourth-order valence-electron chi connectivity index (χ4n) is 5.44. The van der Waals surface area contributed by atoms with Crippen LogP contribution in [0.3, 0.4) is 0 Å². The number of carbonyl (C=O) groups excluding carboxylic acids is 3. The van der Waals surface area contributed by atoms with Gasteiger partial charge >= 0.3 is 11.9 Å². The second-order valence-corrected chi connectivity index (χ2v) is 12.9. The van der Waals surface area contributed by atoms with Gasteiger partial charge in [-0.15, -0.1) is 0 Å². The standard InChI is InChI=1S/C33H27ClNO5P/c1-39-32(37)30(35-27-21-13-12-20-26(27)29(34)28(35)22-36)31(33(38)40-2)41(23-14-6-3-7-15-23,24-16-8-4-9-17-24)25-18-10-5-11-19-25/h3-22,30H,1-2H3. The summed E-state index contributed by atoms with van der Waals surface area (Å²) < 4.78 is 12.4. The number of para-hydroxylation sites is 1. The van der Waals surface area contributed by atoms with Crippen molar-refractivity contribution < 1.29 is 23.9 Å². The van der Waals surface area contributed by atoms with E-state index >= 15 is 0 Å². The van der Waals surface area contributed by atoms with E-state index < -0.39 is 24.9 Å². The third-order valence-corrected chi connectivity index (χ3v) is 11.9. The van der Waals surface area contributed by atoms with Crippen molar-refractivity contribution in [2.24, 2.45) is 0 Å². The minimum Gasteiger partial charge on any atom is -0.467 e. The van der Waals surface area contributed by atoms with Gasteiger partial charge in [-0.3, -0.25) is 4.79 Å². The second-order valence-electron chi connectivity index (χ2n) is 9.18. The fraction of sp³-hybridized carbons (Fsp3) is 0.0909. The minimum absolute atomic E-state index is 0.0527. The number of nitrogens with zero attached hydrogens (tertiary/aromatic N) is 1. The number of carbonyl (C=O) groups is 3. The summed E-state index contributed by atoms with van der Waals surface area (Å²) in [5.41, 5.74) is 0.556. The number of benzene rings is 4. The predicted octanol–water partition coefficient (Wildman–Crippen LogP) is 5.16. The van der Waals surface area contributed by atoms with Gasteiger partial charge in [0.2, 0.25) is 0 Å². The molecule has 41 heavy (non-hydrogen) atoms. The van der Waals surface area contributed by atoms with E-state index in [2.05, 4.69) is 0 Å². The van der Waals surface area contributed by atoms with Crippen molar-refractivity contribution in [1.29, 1.82) is 0 Å². The Kier molecular flexibility index (Phi) is 8.25. The Bertz CT molecular complexity index is 1680. The molecule has 5 aromatic rings. The average molecular weight is 584 g/mol. The van der Waals surface area contributed by atoms with Crippen LogP contribution in [-0.4, -0.2) is 42.3 Å². The molecule has 0 amide bonds. The maximum atomic E-state index is 14.3. The zero-order valence-electron chi connectivity index (χ0n) is 22.4.